The second kappa shape index (κ2) is 7.22. The van der Waals surface area contributed by atoms with Gasteiger partial charge in [0, 0.05) is 18.0 Å². The summed E-state index contributed by atoms with van der Waals surface area (Å²) in [4.78, 5) is 14.8. The summed E-state index contributed by atoms with van der Waals surface area (Å²) in [5, 5.41) is 4.82. The highest BCUT2D eigenvalue weighted by atomic mass is 32.1. The molecular formula is C20H24N4O2S. The molecule has 27 heavy (non-hydrogen) atoms. The third-order valence-electron chi connectivity index (χ3n) is 5.40. The van der Waals surface area contributed by atoms with E-state index in [2.05, 4.69) is 17.1 Å². The number of thiophene rings is 1. The summed E-state index contributed by atoms with van der Waals surface area (Å²) >= 11 is 1.84. The van der Waals surface area contributed by atoms with Crippen molar-refractivity contribution in [1.82, 2.24) is 14.9 Å². The van der Waals surface area contributed by atoms with Crippen LogP contribution < -0.4 is 5.32 Å². The molecule has 0 amide bonds. The normalized spacial score (nSPS) is 18.7. The first-order valence-electron chi connectivity index (χ1n) is 9.69. The average Bonchev–Trinajstić information content (AvgIpc) is 3.39. The number of hydrogen-bond donors (Lipinski definition) is 1. The molecule has 0 radical (unpaired) electrons. The van der Waals surface area contributed by atoms with Crippen molar-refractivity contribution in [2.75, 3.05) is 31.6 Å². The first kappa shape index (κ1) is 17.2. The standard InChI is InChI=1S/C20H24N4O2S/c1-13(15-5-3-9-26-15)21-19-18-14-4-2-6-16(14)27-20(18)23-17(22-19)12-24-7-10-25-11-8-24/h3,5,9,13H,2,4,6-8,10-12H2,1H3,(H,21,22,23)/t13-/m1/s1. The van der Waals surface area contributed by atoms with Gasteiger partial charge in [-0.2, -0.15) is 0 Å². The third kappa shape index (κ3) is 3.35. The summed E-state index contributed by atoms with van der Waals surface area (Å²) in [5.41, 5.74) is 1.45. The molecule has 5 rings (SSSR count). The Bertz CT molecular complexity index is 931. The Kier molecular flexibility index (Phi) is 4.59. The molecule has 0 unspecified atom stereocenters. The van der Waals surface area contributed by atoms with E-state index in [4.69, 9.17) is 19.1 Å². The van der Waals surface area contributed by atoms with E-state index in [-0.39, 0.29) is 6.04 Å². The molecule has 0 spiro atoms. The van der Waals surface area contributed by atoms with Crippen molar-refractivity contribution in [3.05, 3.63) is 40.4 Å². The van der Waals surface area contributed by atoms with Gasteiger partial charge in [0.1, 0.15) is 22.2 Å². The second-order valence-corrected chi connectivity index (χ2v) is 8.38. The summed E-state index contributed by atoms with van der Waals surface area (Å²) in [5.74, 6) is 2.76. The molecule has 1 saturated heterocycles. The number of aromatic nitrogens is 2. The number of hydrogen-bond acceptors (Lipinski definition) is 7. The van der Waals surface area contributed by atoms with Gasteiger partial charge in [-0.25, -0.2) is 9.97 Å². The minimum absolute atomic E-state index is 0.0614. The zero-order valence-electron chi connectivity index (χ0n) is 15.5. The molecular weight excluding hydrogens is 360 g/mol. The molecule has 2 aliphatic rings. The van der Waals surface area contributed by atoms with E-state index < -0.39 is 0 Å². The Morgan fingerprint density at radius 1 is 1.26 bits per heavy atom. The van der Waals surface area contributed by atoms with Crippen LogP contribution in [0.1, 0.15) is 41.4 Å². The van der Waals surface area contributed by atoms with Gasteiger partial charge >= 0.3 is 0 Å². The SMILES string of the molecule is C[C@@H](Nc1nc(CN2CCOCC2)nc2sc3c(c12)CCC3)c1ccco1. The fraction of sp³-hybridized carbons (Fsp3) is 0.500. The van der Waals surface area contributed by atoms with Gasteiger partial charge < -0.3 is 14.5 Å². The minimum Gasteiger partial charge on any atom is -0.467 e. The molecule has 4 heterocycles. The summed E-state index contributed by atoms with van der Waals surface area (Å²) in [6, 6.07) is 3.99. The number of fused-ring (bicyclic) bond motifs is 3. The van der Waals surface area contributed by atoms with Crippen LogP contribution in [-0.2, 0) is 24.1 Å². The Morgan fingerprint density at radius 2 is 2.15 bits per heavy atom. The summed E-state index contributed by atoms with van der Waals surface area (Å²) in [7, 11) is 0. The molecule has 3 aromatic heterocycles. The van der Waals surface area contributed by atoms with E-state index >= 15 is 0 Å². The van der Waals surface area contributed by atoms with Gasteiger partial charge in [0.05, 0.1) is 37.4 Å². The van der Waals surface area contributed by atoms with Crippen LogP contribution in [0.2, 0.25) is 0 Å². The number of morpholine rings is 1. The summed E-state index contributed by atoms with van der Waals surface area (Å²) in [6.07, 6.45) is 5.25. The third-order valence-corrected chi connectivity index (χ3v) is 6.59. The monoisotopic (exact) mass is 384 g/mol. The highest BCUT2D eigenvalue weighted by Crippen LogP contribution is 2.40. The van der Waals surface area contributed by atoms with Crippen LogP contribution in [0.25, 0.3) is 10.2 Å². The van der Waals surface area contributed by atoms with Crippen molar-refractivity contribution in [1.29, 1.82) is 0 Å². The average molecular weight is 385 g/mol. The number of rotatable bonds is 5. The lowest BCUT2D eigenvalue weighted by Crippen LogP contribution is -2.36. The molecule has 1 N–H and O–H groups in total. The van der Waals surface area contributed by atoms with Crippen molar-refractivity contribution < 1.29 is 9.15 Å². The largest absolute Gasteiger partial charge is 0.467 e. The number of furan rings is 1. The molecule has 1 aliphatic carbocycles. The van der Waals surface area contributed by atoms with Crippen molar-refractivity contribution in [2.24, 2.45) is 0 Å². The number of ether oxygens (including phenoxy) is 1. The highest BCUT2D eigenvalue weighted by Gasteiger charge is 2.24. The van der Waals surface area contributed by atoms with E-state index in [0.29, 0.717) is 0 Å². The van der Waals surface area contributed by atoms with Gasteiger partial charge in [0.15, 0.2) is 0 Å². The van der Waals surface area contributed by atoms with Crippen LogP contribution in [0.3, 0.4) is 0 Å². The zero-order chi connectivity index (χ0) is 18.2. The molecule has 1 atom stereocenters. The maximum absolute atomic E-state index is 5.58. The molecule has 142 valence electrons. The lowest BCUT2D eigenvalue weighted by molar-refractivity contribution is 0.0331. The number of anilines is 1. The van der Waals surface area contributed by atoms with Crippen molar-refractivity contribution >= 4 is 27.4 Å². The van der Waals surface area contributed by atoms with Crippen LogP contribution in [0.4, 0.5) is 5.82 Å². The lowest BCUT2D eigenvalue weighted by Gasteiger charge is -2.26. The van der Waals surface area contributed by atoms with Crippen molar-refractivity contribution in [3.8, 4) is 0 Å². The fourth-order valence-electron chi connectivity index (χ4n) is 3.99. The van der Waals surface area contributed by atoms with Crippen LogP contribution in [0, 0.1) is 0 Å². The molecule has 7 heteroatoms. The van der Waals surface area contributed by atoms with E-state index in [1.807, 2.05) is 23.5 Å². The first-order chi connectivity index (χ1) is 13.3. The van der Waals surface area contributed by atoms with Crippen LogP contribution >= 0.6 is 11.3 Å². The Morgan fingerprint density at radius 3 is 2.96 bits per heavy atom. The number of aryl methyl sites for hydroxylation is 2. The van der Waals surface area contributed by atoms with E-state index in [1.165, 1.54) is 28.7 Å². The lowest BCUT2D eigenvalue weighted by atomic mass is 10.1. The van der Waals surface area contributed by atoms with Crippen LogP contribution in [0.5, 0.6) is 0 Å². The fourth-order valence-corrected chi connectivity index (χ4v) is 5.27. The van der Waals surface area contributed by atoms with Gasteiger partial charge in [-0.15, -0.1) is 11.3 Å². The van der Waals surface area contributed by atoms with Crippen molar-refractivity contribution in [3.63, 3.8) is 0 Å². The Hall–Kier alpha value is -1.96. The predicted octanol–water partition coefficient (Wildman–Crippen LogP) is 3.78. The van der Waals surface area contributed by atoms with E-state index in [1.54, 1.807) is 6.26 Å². The maximum atomic E-state index is 5.58. The topological polar surface area (TPSA) is 63.4 Å². The van der Waals surface area contributed by atoms with Gasteiger partial charge in [-0.3, -0.25) is 4.90 Å². The Labute approximate surface area is 162 Å². The molecule has 6 nitrogen and oxygen atoms in total. The predicted molar refractivity (Wildman–Crippen MR) is 106 cm³/mol. The van der Waals surface area contributed by atoms with Crippen LogP contribution in [0.15, 0.2) is 22.8 Å². The summed E-state index contributed by atoms with van der Waals surface area (Å²) in [6.45, 7) is 6.33. The Balaban J connectivity index is 1.51. The first-order valence-corrected chi connectivity index (χ1v) is 10.5. The molecule has 0 saturated carbocycles. The molecule has 1 fully saturated rings. The van der Waals surface area contributed by atoms with Gasteiger partial charge in [-0.05, 0) is 43.9 Å². The van der Waals surface area contributed by atoms with Crippen molar-refractivity contribution in [2.45, 2.75) is 38.8 Å². The molecule has 3 aromatic rings. The molecule has 0 bridgehead atoms. The highest BCUT2D eigenvalue weighted by molar-refractivity contribution is 7.19. The quantitative estimate of drug-likeness (QED) is 0.722. The minimum atomic E-state index is 0.0614. The number of nitrogens with one attached hydrogen (secondary N) is 1. The smallest absolute Gasteiger partial charge is 0.146 e. The number of nitrogens with zero attached hydrogens (tertiary/aromatic N) is 3. The zero-order valence-corrected chi connectivity index (χ0v) is 16.3. The van der Waals surface area contributed by atoms with E-state index in [0.717, 1.165) is 61.5 Å². The van der Waals surface area contributed by atoms with Gasteiger partial charge in [-0.1, -0.05) is 0 Å². The van der Waals surface area contributed by atoms with Gasteiger partial charge in [0.2, 0.25) is 0 Å². The van der Waals surface area contributed by atoms with E-state index in [9.17, 15) is 0 Å². The maximum Gasteiger partial charge on any atom is 0.146 e. The molecule has 1 aliphatic heterocycles. The van der Waals surface area contributed by atoms with Crippen LogP contribution in [-0.4, -0.2) is 41.2 Å². The second-order valence-electron chi connectivity index (χ2n) is 7.30. The molecule has 0 aromatic carbocycles. The van der Waals surface area contributed by atoms with Gasteiger partial charge in [0.25, 0.3) is 0 Å². The summed E-state index contributed by atoms with van der Waals surface area (Å²) < 4.78 is 11.0.